The summed E-state index contributed by atoms with van der Waals surface area (Å²) in [6.07, 6.45) is 1.04. The summed E-state index contributed by atoms with van der Waals surface area (Å²) in [6.45, 7) is 0.754. The molecule has 1 amide bonds. The highest BCUT2D eigenvalue weighted by Crippen LogP contribution is 2.16. The van der Waals surface area contributed by atoms with Gasteiger partial charge in [-0.15, -0.1) is 0 Å². The zero-order valence-corrected chi connectivity index (χ0v) is 10.0. The van der Waals surface area contributed by atoms with Crippen LogP contribution in [0.15, 0.2) is 24.3 Å². The van der Waals surface area contributed by atoms with Gasteiger partial charge >= 0.3 is 0 Å². The van der Waals surface area contributed by atoms with E-state index in [9.17, 15) is 14.3 Å². The summed E-state index contributed by atoms with van der Waals surface area (Å²) < 4.78 is 18.4. The van der Waals surface area contributed by atoms with E-state index in [-0.39, 0.29) is 18.3 Å². The molecule has 4 nitrogen and oxygen atoms in total. The predicted molar refractivity (Wildman–Crippen MR) is 63.7 cm³/mol. The number of benzene rings is 1. The maximum Gasteiger partial charge on any atom is 0.260 e. The van der Waals surface area contributed by atoms with Crippen molar-refractivity contribution in [3.8, 4) is 5.75 Å². The number of aliphatic hydroxyl groups excluding tert-OH is 1. The molecular formula is C13H16FNO3. The number of likely N-dealkylation sites (tertiary alicyclic amines) is 1. The third-order valence-electron chi connectivity index (χ3n) is 2.94. The lowest BCUT2D eigenvalue weighted by atomic mass is 10.1. The van der Waals surface area contributed by atoms with Gasteiger partial charge in [-0.05, 0) is 25.0 Å². The number of β-amino-alcohol motifs (C(OH)–C–C–N with tert-alkyl or cyclic N) is 1. The molecule has 0 bridgehead atoms. The van der Waals surface area contributed by atoms with Crippen molar-refractivity contribution in [3.05, 3.63) is 30.1 Å². The lowest BCUT2D eigenvalue weighted by Crippen LogP contribution is -2.44. The number of rotatable bonds is 3. The quantitative estimate of drug-likeness (QED) is 0.880. The first-order chi connectivity index (χ1) is 8.66. The van der Waals surface area contributed by atoms with E-state index in [2.05, 4.69) is 0 Å². The lowest BCUT2D eigenvalue weighted by molar-refractivity contribution is -0.136. The fourth-order valence-electron chi connectivity index (χ4n) is 1.97. The molecule has 1 fully saturated rings. The molecule has 1 aromatic rings. The van der Waals surface area contributed by atoms with Crippen molar-refractivity contribution in [3.63, 3.8) is 0 Å². The SMILES string of the molecule is O=C(COc1ccccc1F)N1CCC[C@H](O)C1. The van der Waals surface area contributed by atoms with Crippen molar-refractivity contribution in [2.45, 2.75) is 18.9 Å². The first-order valence-corrected chi connectivity index (χ1v) is 6.00. The van der Waals surface area contributed by atoms with Crippen LogP contribution in [0.4, 0.5) is 4.39 Å². The topological polar surface area (TPSA) is 49.8 Å². The first-order valence-electron chi connectivity index (χ1n) is 6.00. The minimum atomic E-state index is -0.482. The summed E-state index contributed by atoms with van der Waals surface area (Å²) in [6, 6.07) is 5.97. The zero-order chi connectivity index (χ0) is 13.0. The highest BCUT2D eigenvalue weighted by Gasteiger charge is 2.22. The average molecular weight is 253 g/mol. The largest absolute Gasteiger partial charge is 0.481 e. The Kier molecular flexibility index (Phi) is 4.15. The van der Waals surface area contributed by atoms with Gasteiger partial charge in [-0.1, -0.05) is 12.1 Å². The number of amides is 1. The summed E-state index contributed by atoms with van der Waals surface area (Å²) in [4.78, 5) is 13.3. The van der Waals surface area contributed by atoms with Crippen LogP contribution in [0, 0.1) is 5.82 Å². The number of halogens is 1. The normalized spacial score (nSPS) is 19.7. The summed E-state index contributed by atoms with van der Waals surface area (Å²) >= 11 is 0. The van der Waals surface area contributed by atoms with Gasteiger partial charge in [0.15, 0.2) is 18.2 Å². The maximum absolute atomic E-state index is 13.3. The number of ether oxygens (including phenoxy) is 1. The molecule has 5 heteroatoms. The van der Waals surface area contributed by atoms with Crippen LogP contribution in [0.1, 0.15) is 12.8 Å². The predicted octanol–water partition coefficient (Wildman–Crippen LogP) is 1.19. The van der Waals surface area contributed by atoms with E-state index in [1.165, 1.54) is 12.1 Å². The third-order valence-corrected chi connectivity index (χ3v) is 2.94. The Labute approximate surface area is 105 Å². The van der Waals surface area contributed by atoms with Crippen LogP contribution in [0.5, 0.6) is 5.75 Å². The lowest BCUT2D eigenvalue weighted by Gasteiger charge is -2.30. The summed E-state index contributed by atoms with van der Waals surface area (Å²) in [7, 11) is 0. The second-order valence-corrected chi connectivity index (χ2v) is 4.35. The second kappa shape index (κ2) is 5.82. The van der Waals surface area contributed by atoms with Crippen LogP contribution in [0.25, 0.3) is 0 Å². The molecule has 0 radical (unpaired) electrons. The first kappa shape index (κ1) is 12.8. The second-order valence-electron chi connectivity index (χ2n) is 4.35. The molecule has 0 aliphatic carbocycles. The van der Waals surface area contributed by atoms with Crippen LogP contribution in [-0.4, -0.2) is 41.7 Å². The number of carbonyl (C=O) groups is 1. The fourth-order valence-corrected chi connectivity index (χ4v) is 1.97. The van der Waals surface area contributed by atoms with E-state index >= 15 is 0 Å². The van der Waals surface area contributed by atoms with Crippen molar-refractivity contribution >= 4 is 5.91 Å². The Bertz CT molecular complexity index is 424. The summed E-state index contributed by atoms with van der Waals surface area (Å²) in [5.74, 6) is -0.635. The van der Waals surface area contributed by atoms with E-state index in [1.54, 1.807) is 17.0 Å². The molecule has 18 heavy (non-hydrogen) atoms. The Hall–Kier alpha value is -1.62. The van der Waals surface area contributed by atoms with E-state index in [1.807, 2.05) is 0 Å². The van der Waals surface area contributed by atoms with Crippen LogP contribution < -0.4 is 4.74 Å². The van der Waals surface area contributed by atoms with E-state index in [0.29, 0.717) is 13.1 Å². The molecule has 1 saturated heterocycles. The van der Waals surface area contributed by atoms with E-state index < -0.39 is 11.9 Å². The molecule has 98 valence electrons. The van der Waals surface area contributed by atoms with Gasteiger partial charge in [-0.25, -0.2) is 4.39 Å². The van der Waals surface area contributed by atoms with Gasteiger partial charge in [0.05, 0.1) is 6.10 Å². The molecule has 2 rings (SSSR count). The highest BCUT2D eigenvalue weighted by molar-refractivity contribution is 5.77. The molecule has 0 aromatic heterocycles. The van der Waals surface area contributed by atoms with Crippen molar-refractivity contribution in [2.75, 3.05) is 19.7 Å². The molecule has 1 N–H and O–H groups in total. The Balaban J connectivity index is 1.86. The van der Waals surface area contributed by atoms with Crippen LogP contribution in [0.3, 0.4) is 0 Å². The molecule has 1 atom stereocenters. The van der Waals surface area contributed by atoms with Crippen molar-refractivity contribution in [1.29, 1.82) is 0 Å². The number of hydrogen-bond donors (Lipinski definition) is 1. The highest BCUT2D eigenvalue weighted by atomic mass is 19.1. The molecule has 1 heterocycles. The molecule has 1 aromatic carbocycles. The van der Waals surface area contributed by atoms with Gasteiger partial charge in [0.2, 0.25) is 0 Å². The molecule has 0 spiro atoms. The van der Waals surface area contributed by atoms with Crippen LogP contribution in [-0.2, 0) is 4.79 Å². The number of carbonyl (C=O) groups excluding carboxylic acids is 1. The number of piperidine rings is 1. The Morgan fingerprint density at radius 2 is 2.28 bits per heavy atom. The van der Waals surface area contributed by atoms with Gasteiger partial charge in [-0.3, -0.25) is 4.79 Å². The smallest absolute Gasteiger partial charge is 0.260 e. The van der Waals surface area contributed by atoms with Crippen LogP contribution >= 0.6 is 0 Å². The standard InChI is InChI=1S/C13H16FNO3/c14-11-5-1-2-6-12(11)18-9-13(17)15-7-3-4-10(16)8-15/h1-2,5-6,10,16H,3-4,7-9H2/t10-/m0/s1. The molecular weight excluding hydrogens is 237 g/mol. The van der Waals surface area contributed by atoms with Crippen LogP contribution in [0.2, 0.25) is 0 Å². The maximum atomic E-state index is 13.3. The summed E-state index contributed by atoms with van der Waals surface area (Å²) in [5.41, 5.74) is 0. The number of hydrogen-bond acceptors (Lipinski definition) is 3. The monoisotopic (exact) mass is 253 g/mol. The van der Waals surface area contributed by atoms with Gasteiger partial charge in [0.1, 0.15) is 0 Å². The third kappa shape index (κ3) is 3.20. The summed E-state index contributed by atoms with van der Waals surface area (Å²) in [5, 5.41) is 9.46. The Morgan fingerprint density at radius 3 is 3.00 bits per heavy atom. The molecule has 1 aliphatic rings. The molecule has 1 aliphatic heterocycles. The number of aliphatic hydroxyl groups is 1. The van der Waals surface area contributed by atoms with Gasteiger partial charge in [0, 0.05) is 13.1 Å². The van der Waals surface area contributed by atoms with Crippen molar-refractivity contribution < 1.29 is 19.0 Å². The Morgan fingerprint density at radius 1 is 1.50 bits per heavy atom. The average Bonchev–Trinajstić information content (AvgIpc) is 2.37. The van der Waals surface area contributed by atoms with Crippen molar-refractivity contribution in [1.82, 2.24) is 4.90 Å². The minimum absolute atomic E-state index is 0.0726. The van der Waals surface area contributed by atoms with Crippen molar-refractivity contribution in [2.24, 2.45) is 0 Å². The number of para-hydroxylation sites is 1. The van der Waals surface area contributed by atoms with Gasteiger partial charge in [0.25, 0.3) is 5.91 Å². The minimum Gasteiger partial charge on any atom is -0.481 e. The molecule has 0 saturated carbocycles. The number of nitrogens with zero attached hydrogens (tertiary/aromatic N) is 1. The van der Waals surface area contributed by atoms with E-state index in [4.69, 9.17) is 4.74 Å². The van der Waals surface area contributed by atoms with Gasteiger partial charge < -0.3 is 14.7 Å². The van der Waals surface area contributed by atoms with Gasteiger partial charge in [-0.2, -0.15) is 0 Å². The van der Waals surface area contributed by atoms with E-state index in [0.717, 1.165) is 12.8 Å². The fraction of sp³-hybridized carbons (Fsp3) is 0.462. The zero-order valence-electron chi connectivity index (χ0n) is 10.0. The molecule has 0 unspecified atom stereocenters.